The second-order valence-corrected chi connectivity index (χ2v) is 8.03. The quantitative estimate of drug-likeness (QED) is 0.728. The Kier molecular flexibility index (Phi) is 6.14. The summed E-state index contributed by atoms with van der Waals surface area (Å²) in [5.74, 6) is -0.628. The van der Waals surface area contributed by atoms with Crippen LogP contribution in [-0.4, -0.2) is 31.8 Å². The lowest BCUT2D eigenvalue weighted by Gasteiger charge is -2.21. The van der Waals surface area contributed by atoms with Gasteiger partial charge in [0.05, 0.1) is 22.1 Å². The molecule has 2 aromatic carbocycles. The van der Waals surface area contributed by atoms with Gasteiger partial charge in [-0.05, 0) is 49.7 Å². The molecule has 0 aromatic heterocycles. The van der Waals surface area contributed by atoms with Crippen LogP contribution in [0.15, 0.2) is 53.4 Å². The first-order valence-corrected chi connectivity index (χ1v) is 9.44. The number of ether oxygens (including phenoxy) is 1. The van der Waals surface area contributed by atoms with Gasteiger partial charge in [-0.2, -0.15) is 9.57 Å². The summed E-state index contributed by atoms with van der Waals surface area (Å²) in [5, 5.41) is 8.89. The molecule has 2 aromatic rings. The number of carbonyl (C=O) groups excluding carboxylic acids is 1. The summed E-state index contributed by atoms with van der Waals surface area (Å²) in [5.41, 5.74) is 1.31. The number of esters is 1. The minimum atomic E-state index is -3.68. The molecule has 0 bridgehead atoms. The van der Waals surface area contributed by atoms with E-state index in [2.05, 4.69) is 0 Å². The number of nitrogens with zero attached hydrogens (tertiary/aromatic N) is 2. The lowest BCUT2D eigenvalue weighted by Crippen LogP contribution is -2.33. The Bertz CT molecular complexity index is 946. The highest BCUT2D eigenvalue weighted by atomic mass is 32.2. The molecule has 0 atom stereocenters. The van der Waals surface area contributed by atoms with Crippen LogP contribution in [0.3, 0.4) is 0 Å². The van der Waals surface area contributed by atoms with Crippen molar-refractivity contribution in [2.45, 2.75) is 31.4 Å². The van der Waals surface area contributed by atoms with E-state index >= 15 is 0 Å². The standard InChI is InChI=1S/C19H20N2O4S/c1-14(2)21(3)26(23,24)18-9-5-8-17(11-18)19(22)25-13-16-7-4-6-15(10-16)12-20/h4-11,14H,13H2,1-3H3. The molecule has 0 saturated heterocycles. The van der Waals surface area contributed by atoms with Crippen molar-refractivity contribution in [3.63, 3.8) is 0 Å². The average Bonchev–Trinajstić information content (AvgIpc) is 2.65. The van der Waals surface area contributed by atoms with Gasteiger partial charge in [-0.15, -0.1) is 0 Å². The number of carbonyl (C=O) groups is 1. The Hall–Kier alpha value is -2.69. The summed E-state index contributed by atoms with van der Waals surface area (Å²) >= 11 is 0. The van der Waals surface area contributed by atoms with Gasteiger partial charge in [0, 0.05) is 13.1 Å². The number of sulfonamides is 1. The third kappa shape index (κ3) is 4.48. The molecule has 0 aliphatic heterocycles. The Morgan fingerprint density at radius 3 is 2.54 bits per heavy atom. The number of rotatable bonds is 6. The molecule has 0 unspecified atom stereocenters. The van der Waals surface area contributed by atoms with Crippen molar-refractivity contribution in [2.75, 3.05) is 7.05 Å². The van der Waals surface area contributed by atoms with Crippen molar-refractivity contribution in [3.8, 4) is 6.07 Å². The number of benzene rings is 2. The molecular formula is C19H20N2O4S. The van der Waals surface area contributed by atoms with Crippen LogP contribution in [0.1, 0.15) is 35.3 Å². The van der Waals surface area contributed by atoms with Gasteiger partial charge in [-0.1, -0.05) is 18.2 Å². The van der Waals surface area contributed by atoms with Crippen LogP contribution in [-0.2, 0) is 21.4 Å². The van der Waals surface area contributed by atoms with Gasteiger partial charge < -0.3 is 4.74 Å². The zero-order valence-electron chi connectivity index (χ0n) is 14.8. The highest BCUT2D eigenvalue weighted by Crippen LogP contribution is 2.18. The van der Waals surface area contributed by atoms with Crippen LogP contribution >= 0.6 is 0 Å². The van der Waals surface area contributed by atoms with Crippen LogP contribution in [0.2, 0.25) is 0 Å². The van der Waals surface area contributed by atoms with E-state index in [4.69, 9.17) is 10.00 Å². The van der Waals surface area contributed by atoms with Gasteiger partial charge in [-0.3, -0.25) is 0 Å². The number of hydrogen-bond donors (Lipinski definition) is 0. The number of nitriles is 1. The van der Waals surface area contributed by atoms with Gasteiger partial charge >= 0.3 is 5.97 Å². The zero-order valence-corrected chi connectivity index (χ0v) is 15.7. The van der Waals surface area contributed by atoms with Gasteiger partial charge in [0.2, 0.25) is 10.0 Å². The van der Waals surface area contributed by atoms with E-state index in [1.165, 1.54) is 35.6 Å². The Labute approximate surface area is 153 Å². The van der Waals surface area contributed by atoms with Crippen molar-refractivity contribution < 1.29 is 17.9 Å². The average molecular weight is 372 g/mol. The SMILES string of the molecule is CC(C)N(C)S(=O)(=O)c1cccc(C(=O)OCc2cccc(C#N)c2)c1. The number of hydrogen-bond acceptors (Lipinski definition) is 5. The maximum absolute atomic E-state index is 12.5. The Balaban J connectivity index is 2.16. The molecule has 0 radical (unpaired) electrons. The molecule has 0 amide bonds. The van der Waals surface area contributed by atoms with Crippen molar-refractivity contribution >= 4 is 16.0 Å². The summed E-state index contributed by atoms with van der Waals surface area (Å²) in [4.78, 5) is 12.3. The van der Waals surface area contributed by atoms with Crippen LogP contribution in [0, 0.1) is 11.3 Å². The summed E-state index contributed by atoms with van der Waals surface area (Å²) in [6.07, 6.45) is 0. The monoisotopic (exact) mass is 372 g/mol. The van der Waals surface area contributed by atoms with Crippen molar-refractivity contribution in [2.24, 2.45) is 0 Å². The summed E-state index contributed by atoms with van der Waals surface area (Å²) in [6.45, 7) is 3.53. The van der Waals surface area contributed by atoms with Crippen LogP contribution in [0.25, 0.3) is 0 Å². The molecule has 0 N–H and O–H groups in total. The maximum atomic E-state index is 12.5. The minimum Gasteiger partial charge on any atom is -0.457 e. The third-order valence-electron chi connectivity index (χ3n) is 3.90. The van der Waals surface area contributed by atoms with Crippen LogP contribution < -0.4 is 0 Å². The van der Waals surface area contributed by atoms with E-state index in [1.807, 2.05) is 6.07 Å². The van der Waals surface area contributed by atoms with Gasteiger partial charge in [0.1, 0.15) is 6.61 Å². The summed E-state index contributed by atoms with van der Waals surface area (Å²) in [6, 6.07) is 14.3. The first-order chi connectivity index (χ1) is 12.3. The molecule has 0 saturated carbocycles. The van der Waals surface area contributed by atoms with E-state index in [9.17, 15) is 13.2 Å². The van der Waals surface area contributed by atoms with E-state index in [1.54, 1.807) is 38.1 Å². The zero-order chi connectivity index (χ0) is 19.3. The Morgan fingerprint density at radius 1 is 1.19 bits per heavy atom. The van der Waals surface area contributed by atoms with E-state index in [0.717, 1.165) is 0 Å². The highest BCUT2D eigenvalue weighted by Gasteiger charge is 2.24. The normalized spacial score (nSPS) is 11.4. The van der Waals surface area contributed by atoms with Gasteiger partial charge in [-0.25, -0.2) is 13.2 Å². The second kappa shape index (κ2) is 8.13. The van der Waals surface area contributed by atoms with Crippen LogP contribution in [0.4, 0.5) is 0 Å². The molecule has 0 heterocycles. The molecule has 2 rings (SSSR count). The molecule has 0 spiro atoms. The topological polar surface area (TPSA) is 87.5 Å². The fourth-order valence-corrected chi connectivity index (χ4v) is 3.60. The molecule has 26 heavy (non-hydrogen) atoms. The second-order valence-electron chi connectivity index (χ2n) is 6.03. The maximum Gasteiger partial charge on any atom is 0.338 e. The largest absolute Gasteiger partial charge is 0.457 e. The predicted molar refractivity (Wildman–Crippen MR) is 96.8 cm³/mol. The fraction of sp³-hybridized carbons (Fsp3) is 0.263. The molecular weight excluding hydrogens is 352 g/mol. The van der Waals surface area contributed by atoms with Gasteiger partial charge in [0.25, 0.3) is 0 Å². The lowest BCUT2D eigenvalue weighted by atomic mass is 10.1. The molecule has 7 heteroatoms. The first kappa shape index (κ1) is 19.6. The van der Waals surface area contributed by atoms with Crippen molar-refractivity contribution in [1.29, 1.82) is 5.26 Å². The predicted octanol–water partition coefficient (Wildman–Crippen LogP) is 2.94. The van der Waals surface area contributed by atoms with Crippen molar-refractivity contribution in [1.82, 2.24) is 4.31 Å². The van der Waals surface area contributed by atoms with Crippen molar-refractivity contribution in [3.05, 3.63) is 65.2 Å². The third-order valence-corrected chi connectivity index (χ3v) is 5.93. The van der Waals surface area contributed by atoms with Crippen LogP contribution in [0.5, 0.6) is 0 Å². The fourth-order valence-electron chi connectivity index (χ4n) is 2.19. The molecule has 0 aliphatic rings. The molecule has 6 nitrogen and oxygen atoms in total. The van der Waals surface area contributed by atoms with E-state index in [0.29, 0.717) is 11.1 Å². The van der Waals surface area contributed by atoms with E-state index < -0.39 is 16.0 Å². The molecule has 0 aliphatic carbocycles. The summed E-state index contributed by atoms with van der Waals surface area (Å²) in [7, 11) is -2.19. The van der Waals surface area contributed by atoms with Gasteiger partial charge in [0.15, 0.2) is 0 Å². The lowest BCUT2D eigenvalue weighted by molar-refractivity contribution is 0.0472. The smallest absolute Gasteiger partial charge is 0.338 e. The molecule has 0 fully saturated rings. The van der Waals surface area contributed by atoms with E-state index in [-0.39, 0.29) is 23.1 Å². The highest BCUT2D eigenvalue weighted by molar-refractivity contribution is 7.89. The molecule has 136 valence electrons. The Morgan fingerprint density at radius 2 is 1.88 bits per heavy atom. The minimum absolute atomic E-state index is 0.00275. The first-order valence-electron chi connectivity index (χ1n) is 8.00. The summed E-state index contributed by atoms with van der Waals surface area (Å²) < 4.78 is 31.6.